The quantitative estimate of drug-likeness (QED) is 0.696. The Kier molecular flexibility index (Phi) is 3.30. The second kappa shape index (κ2) is 4.61. The van der Waals surface area contributed by atoms with Gasteiger partial charge in [0.1, 0.15) is 0 Å². The van der Waals surface area contributed by atoms with Crippen LogP contribution in [0.15, 0.2) is 22.4 Å². The van der Waals surface area contributed by atoms with Crippen LogP contribution in [-0.2, 0) is 14.3 Å². The molecule has 0 aliphatic carbocycles. The lowest BCUT2D eigenvalue weighted by Gasteiger charge is -2.42. The molecule has 2 rings (SSSR count). The van der Waals surface area contributed by atoms with Gasteiger partial charge in [-0.2, -0.15) is 5.11 Å². The molecule has 0 N–H and O–H groups in total. The summed E-state index contributed by atoms with van der Waals surface area (Å²) >= 11 is 0. The van der Waals surface area contributed by atoms with E-state index in [1.807, 2.05) is 20.8 Å². The Hall–Kier alpha value is -1.56. The van der Waals surface area contributed by atoms with Crippen molar-refractivity contribution in [3.8, 4) is 0 Å². The minimum Gasteiger partial charge on any atom is -0.369 e. The summed E-state index contributed by atoms with van der Waals surface area (Å²) < 4.78 is 5.74. The fraction of sp³-hybridized carbons (Fsp3) is 0.667. The van der Waals surface area contributed by atoms with Crippen molar-refractivity contribution in [1.29, 1.82) is 0 Å². The van der Waals surface area contributed by atoms with Crippen LogP contribution in [-0.4, -0.2) is 47.6 Å². The van der Waals surface area contributed by atoms with Crippen LogP contribution in [0, 0.1) is 0 Å². The number of carbonyl (C=O) groups is 2. The second-order valence-electron chi connectivity index (χ2n) is 5.26. The molecule has 0 aromatic heterocycles. The predicted molar refractivity (Wildman–Crippen MR) is 64.0 cm³/mol. The molecule has 1 saturated heterocycles. The lowest BCUT2D eigenvalue weighted by Crippen LogP contribution is -2.55. The number of nitrogens with zero attached hydrogens (tertiary/aromatic N) is 3. The highest BCUT2D eigenvalue weighted by atomic mass is 16.5. The van der Waals surface area contributed by atoms with Gasteiger partial charge in [-0.15, -0.1) is 5.11 Å². The van der Waals surface area contributed by atoms with Crippen molar-refractivity contribution in [2.24, 2.45) is 10.2 Å². The molecule has 2 heterocycles. The molecule has 0 aromatic carbocycles. The van der Waals surface area contributed by atoms with Crippen molar-refractivity contribution < 1.29 is 14.3 Å². The molecule has 0 spiro atoms. The number of ether oxygens (including phenoxy) is 1. The van der Waals surface area contributed by atoms with E-state index >= 15 is 0 Å². The first-order valence-corrected chi connectivity index (χ1v) is 5.97. The topological polar surface area (TPSA) is 71.3 Å². The monoisotopic (exact) mass is 251 g/mol. The van der Waals surface area contributed by atoms with Crippen LogP contribution in [0.1, 0.15) is 20.8 Å². The zero-order chi connectivity index (χ0) is 13.3. The summed E-state index contributed by atoms with van der Waals surface area (Å²) in [5.74, 6) is -0.555. The smallest absolute Gasteiger partial charge is 0.287 e. The lowest BCUT2D eigenvalue weighted by atomic mass is 10.0. The van der Waals surface area contributed by atoms with E-state index < -0.39 is 11.9 Å². The number of rotatable bonds is 1. The van der Waals surface area contributed by atoms with E-state index in [0.717, 1.165) is 0 Å². The van der Waals surface area contributed by atoms with Crippen LogP contribution < -0.4 is 0 Å². The molecule has 0 bridgehead atoms. The van der Waals surface area contributed by atoms with Gasteiger partial charge in [0.25, 0.3) is 11.8 Å². The Labute approximate surface area is 106 Å². The molecule has 2 amide bonds. The highest BCUT2D eigenvalue weighted by molar-refractivity contribution is 5.92. The van der Waals surface area contributed by atoms with Crippen molar-refractivity contribution in [2.45, 2.75) is 38.5 Å². The van der Waals surface area contributed by atoms with Gasteiger partial charge >= 0.3 is 0 Å². The molecule has 98 valence electrons. The molecule has 2 atom stereocenters. The van der Waals surface area contributed by atoms with Gasteiger partial charge in [0.05, 0.1) is 11.7 Å². The Morgan fingerprint density at radius 3 is 2.83 bits per heavy atom. The van der Waals surface area contributed by atoms with E-state index in [1.165, 1.54) is 12.2 Å². The number of hydrogen-bond donors (Lipinski definition) is 0. The third-order valence-corrected chi connectivity index (χ3v) is 2.84. The van der Waals surface area contributed by atoms with Gasteiger partial charge < -0.3 is 9.64 Å². The number of carbonyl (C=O) groups excluding carboxylic acids is 2. The SMILES string of the molecule is CC1CN(C(=O)C2C=CC(=O)N=N2)CC(C)(C)O1. The van der Waals surface area contributed by atoms with Crippen LogP contribution in [0.3, 0.4) is 0 Å². The molecule has 0 radical (unpaired) electrons. The summed E-state index contributed by atoms with van der Waals surface area (Å²) in [5.41, 5.74) is -0.362. The highest BCUT2D eigenvalue weighted by Crippen LogP contribution is 2.22. The third-order valence-electron chi connectivity index (χ3n) is 2.84. The van der Waals surface area contributed by atoms with Crippen LogP contribution in [0.4, 0.5) is 0 Å². The molecule has 0 saturated carbocycles. The fourth-order valence-corrected chi connectivity index (χ4v) is 2.30. The summed E-state index contributed by atoms with van der Waals surface area (Å²) in [4.78, 5) is 24.8. The summed E-state index contributed by atoms with van der Waals surface area (Å²) in [5, 5.41) is 7.12. The van der Waals surface area contributed by atoms with Crippen LogP contribution in [0.25, 0.3) is 0 Å². The van der Waals surface area contributed by atoms with E-state index in [-0.39, 0.29) is 17.6 Å². The number of azo groups is 1. The molecule has 6 heteroatoms. The van der Waals surface area contributed by atoms with Gasteiger partial charge in [0, 0.05) is 19.2 Å². The van der Waals surface area contributed by atoms with E-state index in [9.17, 15) is 9.59 Å². The second-order valence-corrected chi connectivity index (χ2v) is 5.26. The molecule has 1 fully saturated rings. The summed E-state index contributed by atoms with van der Waals surface area (Å²) in [7, 11) is 0. The zero-order valence-electron chi connectivity index (χ0n) is 10.8. The maximum atomic E-state index is 12.2. The van der Waals surface area contributed by atoms with Crippen LogP contribution >= 0.6 is 0 Å². The minimum absolute atomic E-state index is 0.0103. The van der Waals surface area contributed by atoms with Gasteiger partial charge in [-0.3, -0.25) is 9.59 Å². The van der Waals surface area contributed by atoms with Gasteiger partial charge in [0.15, 0.2) is 6.04 Å². The van der Waals surface area contributed by atoms with Gasteiger partial charge in [-0.25, -0.2) is 0 Å². The first-order chi connectivity index (χ1) is 8.37. The zero-order valence-corrected chi connectivity index (χ0v) is 10.8. The average Bonchev–Trinajstić information content (AvgIpc) is 2.26. The van der Waals surface area contributed by atoms with E-state index in [4.69, 9.17) is 4.74 Å². The maximum absolute atomic E-state index is 12.2. The average molecular weight is 251 g/mol. The van der Waals surface area contributed by atoms with Gasteiger partial charge in [-0.05, 0) is 26.8 Å². The Morgan fingerprint density at radius 2 is 2.28 bits per heavy atom. The van der Waals surface area contributed by atoms with E-state index in [2.05, 4.69) is 10.2 Å². The molecule has 2 aliphatic heterocycles. The maximum Gasteiger partial charge on any atom is 0.287 e. The summed E-state index contributed by atoms with van der Waals surface area (Å²) in [6.07, 6.45) is 2.76. The van der Waals surface area contributed by atoms with Crippen molar-refractivity contribution in [3.63, 3.8) is 0 Å². The number of amides is 2. The Balaban J connectivity index is 2.07. The number of hydrogen-bond acceptors (Lipinski definition) is 4. The lowest BCUT2D eigenvalue weighted by molar-refractivity contribution is -0.158. The van der Waals surface area contributed by atoms with Gasteiger partial charge in [0.2, 0.25) is 0 Å². The summed E-state index contributed by atoms with van der Waals surface area (Å²) in [6, 6.07) is -0.677. The Bertz CT molecular complexity index is 412. The normalized spacial score (nSPS) is 30.6. The van der Waals surface area contributed by atoms with Crippen molar-refractivity contribution in [1.82, 2.24) is 4.90 Å². The van der Waals surface area contributed by atoms with Crippen molar-refractivity contribution >= 4 is 11.8 Å². The van der Waals surface area contributed by atoms with Gasteiger partial charge in [-0.1, -0.05) is 0 Å². The van der Waals surface area contributed by atoms with Crippen LogP contribution in [0.2, 0.25) is 0 Å². The molecular formula is C12H17N3O3. The highest BCUT2D eigenvalue weighted by Gasteiger charge is 2.36. The molecular weight excluding hydrogens is 234 g/mol. The molecule has 2 unspecified atom stereocenters. The standard InChI is InChI=1S/C12H17N3O3/c1-8-6-15(7-12(2,3)18-8)11(17)9-4-5-10(16)14-13-9/h4-5,8-9H,6-7H2,1-3H3. The minimum atomic E-state index is -0.677. The molecule has 18 heavy (non-hydrogen) atoms. The fourth-order valence-electron chi connectivity index (χ4n) is 2.30. The van der Waals surface area contributed by atoms with Crippen molar-refractivity contribution in [3.05, 3.63) is 12.2 Å². The first-order valence-electron chi connectivity index (χ1n) is 5.97. The molecule has 2 aliphatic rings. The third kappa shape index (κ3) is 2.81. The molecule has 0 aromatic rings. The first kappa shape index (κ1) is 12.9. The molecule has 6 nitrogen and oxygen atoms in total. The van der Waals surface area contributed by atoms with E-state index in [1.54, 1.807) is 4.90 Å². The van der Waals surface area contributed by atoms with Crippen LogP contribution in [0.5, 0.6) is 0 Å². The predicted octanol–water partition coefficient (Wildman–Crippen LogP) is 0.929. The number of morpholine rings is 1. The summed E-state index contributed by atoms with van der Waals surface area (Å²) in [6.45, 7) is 6.89. The Morgan fingerprint density at radius 1 is 1.56 bits per heavy atom. The van der Waals surface area contributed by atoms with E-state index in [0.29, 0.717) is 13.1 Å². The van der Waals surface area contributed by atoms with Crippen molar-refractivity contribution in [2.75, 3.05) is 13.1 Å². The largest absolute Gasteiger partial charge is 0.369 e.